The number of carbonyl (C=O) groups is 1. The minimum absolute atomic E-state index is 0.0118. The molecule has 210 valence electrons. The maximum Gasteiger partial charge on any atom is 0.416 e. The van der Waals surface area contributed by atoms with Gasteiger partial charge in [0.1, 0.15) is 0 Å². The first-order chi connectivity index (χ1) is 17.6. The van der Waals surface area contributed by atoms with Crippen molar-refractivity contribution in [3.05, 3.63) is 61.6 Å². The lowest BCUT2D eigenvalue weighted by molar-refractivity contribution is -0.137. The Kier molecular flexibility index (Phi) is 8.60. The molecule has 1 aromatic carbocycles. The zero-order chi connectivity index (χ0) is 28.6. The van der Waals surface area contributed by atoms with Gasteiger partial charge in [-0.1, -0.05) is 0 Å². The number of halogens is 5. The molecular formula is C27H35F5N4O2. The van der Waals surface area contributed by atoms with Crippen LogP contribution in [-0.2, 0) is 18.6 Å². The summed E-state index contributed by atoms with van der Waals surface area (Å²) in [7, 11) is 1.99. The number of piperidine rings is 1. The van der Waals surface area contributed by atoms with E-state index in [9.17, 15) is 31.5 Å². The second-order valence-corrected chi connectivity index (χ2v) is 10.1. The van der Waals surface area contributed by atoms with Crippen molar-refractivity contribution in [2.75, 3.05) is 31.6 Å². The lowest BCUT2D eigenvalue weighted by atomic mass is 9.96. The molecular weight excluding hydrogens is 507 g/mol. The Balaban J connectivity index is 2.02. The van der Waals surface area contributed by atoms with E-state index in [4.69, 9.17) is 0 Å². The first-order valence-corrected chi connectivity index (χ1v) is 12.6. The molecule has 6 nitrogen and oxygen atoms in total. The lowest BCUT2D eigenvalue weighted by Crippen LogP contribution is -2.44. The van der Waals surface area contributed by atoms with Crippen LogP contribution in [0.4, 0.5) is 27.6 Å². The van der Waals surface area contributed by atoms with Gasteiger partial charge < -0.3 is 20.1 Å². The average molecular weight is 543 g/mol. The number of hydrogen-bond donors (Lipinski definition) is 2. The van der Waals surface area contributed by atoms with E-state index in [0.717, 1.165) is 38.1 Å². The summed E-state index contributed by atoms with van der Waals surface area (Å²) >= 11 is 0. The number of aromatic amines is 1. The maximum absolute atomic E-state index is 14.4. The molecule has 1 aromatic heterocycles. The first kappa shape index (κ1) is 29.6. The summed E-state index contributed by atoms with van der Waals surface area (Å²) in [6.07, 6.45) is -3.16. The van der Waals surface area contributed by atoms with Crippen molar-refractivity contribution in [3.8, 4) is 0 Å². The Morgan fingerprint density at radius 1 is 1.11 bits per heavy atom. The van der Waals surface area contributed by atoms with Crippen LogP contribution in [0.3, 0.4) is 0 Å². The van der Waals surface area contributed by atoms with Crippen LogP contribution in [0.15, 0.2) is 16.9 Å². The fourth-order valence-corrected chi connectivity index (χ4v) is 5.22. The molecule has 2 aromatic rings. The molecule has 1 fully saturated rings. The summed E-state index contributed by atoms with van der Waals surface area (Å²) in [5.74, 6) is -4.24. The third kappa shape index (κ3) is 6.19. The van der Waals surface area contributed by atoms with Gasteiger partial charge in [0.15, 0.2) is 0 Å². The summed E-state index contributed by atoms with van der Waals surface area (Å²) in [6, 6.07) is 1.85. The van der Waals surface area contributed by atoms with Gasteiger partial charge in [-0.25, -0.2) is 8.78 Å². The van der Waals surface area contributed by atoms with E-state index in [1.54, 1.807) is 6.92 Å². The van der Waals surface area contributed by atoms with E-state index in [1.165, 1.54) is 13.8 Å². The van der Waals surface area contributed by atoms with Crippen molar-refractivity contribution >= 4 is 11.6 Å². The predicted molar refractivity (Wildman–Crippen MR) is 137 cm³/mol. The van der Waals surface area contributed by atoms with Gasteiger partial charge in [0.2, 0.25) is 0 Å². The third-order valence-electron chi connectivity index (χ3n) is 7.41. The van der Waals surface area contributed by atoms with Crippen LogP contribution in [0.2, 0.25) is 0 Å². The second-order valence-electron chi connectivity index (χ2n) is 10.1. The van der Waals surface area contributed by atoms with Gasteiger partial charge in [-0.15, -0.1) is 0 Å². The smallest absolute Gasteiger partial charge is 0.368 e. The van der Waals surface area contributed by atoms with Gasteiger partial charge in [0.05, 0.1) is 5.56 Å². The fraction of sp³-hybridized carbons (Fsp3) is 0.556. The zero-order valence-corrected chi connectivity index (χ0v) is 22.6. The number of carbonyl (C=O) groups excluding carboxylic acids is 1. The Labute approximate surface area is 219 Å². The standard InChI is InChI=1S/C27H35F5N4O2/c1-7-36(19-8-10-35(6)11-9-19)22-13-18(27(30,31)32)12-20(16(22)3)24(37)33-14-21-23(26(5,28)29)15(2)17(4)34-25(21)38/h12-13,19H,7-11,14H2,1-6H3,(H,33,37)(H,34,38). The van der Waals surface area contributed by atoms with Crippen LogP contribution in [0, 0.1) is 20.8 Å². The molecule has 1 aliphatic heterocycles. The highest BCUT2D eigenvalue weighted by Gasteiger charge is 2.35. The molecule has 2 N–H and O–H groups in total. The summed E-state index contributed by atoms with van der Waals surface area (Å²) < 4.78 is 70.5. The quantitative estimate of drug-likeness (QED) is 0.467. The van der Waals surface area contributed by atoms with Crippen molar-refractivity contribution < 1.29 is 26.7 Å². The highest BCUT2D eigenvalue weighted by atomic mass is 19.4. The number of H-pyrrole nitrogens is 1. The Hall–Kier alpha value is -2.95. The van der Waals surface area contributed by atoms with Crippen molar-refractivity contribution in [1.82, 2.24) is 15.2 Å². The normalized spacial score (nSPS) is 15.6. The molecule has 1 amide bonds. The van der Waals surface area contributed by atoms with Crippen LogP contribution in [0.1, 0.15) is 70.6 Å². The number of rotatable bonds is 7. The van der Waals surface area contributed by atoms with Gasteiger partial charge in [0.25, 0.3) is 17.4 Å². The third-order valence-corrected chi connectivity index (χ3v) is 7.41. The number of anilines is 1. The molecule has 38 heavy (non-hydrogen) atoms. The monoisotopic (exact) mass is 542 g/mol. The highest BCUT2D eigenvalue weighted by molar-refractivity contribution is 5.97. The first-order valence-electron chi connectivity index (χ1n) is 12.6. The topological polar surface area (TPSA) is 68.4 Å². The van der Waals surface area contributed by atoms with Gasteiger partial charge >= 0.3 is 6.18 Å². The molecule has 0 spiro atoms. The fourth-order valence-electron chi connectivity index (χ4n) is 5.22. The Bertz CT molecular complexity index is 1240. The van der Waals surface area contributed by atoms with E-state index in [0.29, 0.717) is 24.7 Å². The van der Waals surface area contributed by atoms with Crippen molar-refractivity contribution in [2.24, 2.45) is 0 Å². The Morgan fingerprint density at radius 2 is 1.71 bits per heavy atom. The largest absolute Gasteiger partial charge is 0.416 e. The number of hydrogen-bond acceptors (Lipinski definition) is 4. The molecule has 0 radical (unpaired) electrons. The lowest BCUT2D eigenvalue weighted by Gasteiger charge is -2.39. The minimum atomic E-state index is -4.70. The predicted octanol–water partition coefficient (Wildman–Crippen LogP) is 5.28. The van der Waals surface area contributed by atoms with Crippen molar-refractivity contribution in [1.29, 1.82) is 0 Å². The zero-order valence-electron chi connectivity index (χ0n) is 22.6. The second kappa shape index (κ2) is 11.0. The van der Waals surface area contributed by atoms with Gasteiger partial charge in [-0.3, -0.25) is 9.59 Å². The molecule has 0 bridgehead atoms. The van der Waals surface area contributed by atoms with Crippen LogP contribution in [-0.4, -0.2) is 48.5 Å². The molecule has 1 aliphatic rings. The van der Waals surface area contributed by atoms with Crippen molar-refractivity contribution in [3.63, 3.8) is 0 Å². The number of aryl methyl sites for hydroxylation is 1. The van der Waals surface area contributed by atoms with Crippen molar-refractivity contribution in [2.45, 2.75) is 72.1 Å². The van der Waals surface area contributed by atoms with Crippen LogP contribution >= 0.6 is 0 Å². The van der Waals surface area contributed by atoms with E-state index in [2.05, 4.69) is 15.2 Å². The van der Waals surface area contributed by atoms with E-state index in [-0.39, 0.29) is 28.4 Å². The van der Waals surface area contributed by atoms with Gasteiger partial charge in [-0.05, 0) is 83.9 Å². The van der Waals surface area contributed by atoms with Crippen LogP contribution in [0.25, 0.3) is 0 Å². The average Bonchev–Trinajstić information content (AvgIpc) is 2.81. The number of amides is 1. The van der Waals surface area contributed by atoms with Crippen LogP contribution < -0.4 is 15.8 Å². The number of pyridine rings is 1. The molecule has 11 heteroatoms. The summed E-state index contributed by atoms with van der Waals surface area (Å²) in [5.41, 5.74) is -1.70. The minimum Gasteiger partial charge on any atom is -0.368 e. The molecule has 2 heterocycles. The van der Waals surface area contributed by atoms with E-state index in [1.807, 2.05) is 18.9 Å². The van der Waals surface area contributed by atoms with Gasteiger partial charge in [0, 0.05) is 54.1 Å². The van der Waals surface area contributed by atoms with Crippen LogP contribution in [0.5, 0.6) is 0 Å². The maximum atomic E-state index is 14.4. The van der Waals surface area contributed by atoms with E-state index >= 15 is 0 Å². The highest BCUT2D eigenvalue weighted by Crippen LogP contribution is 2.37. The Morgan fingerprint density at radius 3 is 2.24 bits per heavy atom. The summed E-state index contributed by atoms with van der Waals surface area (Å²) in [5, 5.41) is 2.42. The number of likely N-dealkylation sites (tertiary alicyclic amines) is 1. The molecule has 0 atom stereocenters. The molecule has 0 unspecified atom stereocenters. The number of nitrogens with one attached hydrogen (secondary N) is 2. The summed E-state index contributed by atoms with van der Waals surface area (Å²) in [6.45, 7) is 8.53. The van der Waals surface area contributed by atoms with Gasteiger partial charge in [-0.2, -0.15) is 13.2 Å². The summed E-state index contributed by atoms with van der Waals surface area (Å²) in [4.78, 5) is 32.3. The number of benzene rings is 1. The molecule has 1 saturated heterocycles. The number of nitrogens with zero attached hydrogens (tertiary/aromatic N) is 2. The van der Waals surface area contributed by atoms with E-state index < -0.39 is 41.2 Å². The molecule has 3 rings (SSSR count). The SMILES string of the molecule is CCN(c1cc(C(F)(F)F)cc(C(=O)NCc2c(C(C)(F)F)c(C)c(C)[nH]c2=O)c1C)C1CCN(C)CC1. The molecule has 0 aliphatic carbocycles. The number of alkyl halides is 5. The number of aromatic nitrogens is 1. The molecule has 0 saturated carbocycles.